The molecular formula is C6H14I2Sn. The fraction of sp³-hybridized carbons (Fsp3) is 1.00. The molecule has 0 atom stereocenters. The van der Waals surface area contributed by atoms with Gasteiger partial charge in [0.05, 0.1) is 0 Å². The van der Waals surface area contributed by atoms with Gasteiger partial charge in [-0.1, -0.05) is 0 Å². The summed E-state index contributed by atoms with van der Waals surface area (Å²) in [6.07, 6.45) is 2.92. The van der Waals surface area contributed by atoms with Crippen LogP contribution in [0.4, 0.5) is 0 Å². The Morgan fingerprint density at radius 3 is 2.11 bits per heavy atom. The van der Waals surface area contributed by atoms with Crippen molar-refractivity contribution in [3.05, 3.63) is 0 Å². The molecule has 0 aromatic heterocycles. The van der Waals surface area contributed by atoms with E-state index in [2.05, 4.69) is 51.1 Å². The summed E-state index contributed by atoms with van der Waals surface area (Å²) >= 11 is 3.82. The van der Waals surface area contributed by atoms with E-state index in [9.17, 15) is 0 Å². The molecule has 0 N–H and O–H groups in total. The zero-order valence-electron chi connectivity index (χ0n) is 6.08. The molecule has 0 aliphatic heterocycles. The van der Waals surface area contributed by atoms with Gasteiger partial charge in [0.15, 0.2) is 0 Å². The van der Waals surface area contributed by atoms with E-state index in [1.807, 2.05) is 0 Å². The summed E-state index contributed by atoms with van der Waals surface area (Å²) in [5.74, 6) is 0. The quantitative estimate of drug-likeness (QED) is 0.260. The van der Waals surface area contributed by atoms with E-state index >= 15 is 0 Å². The molecule has 0 spiro atoms. The normalized spacial score (nSPS) is 12.0. The summed E-state index contributed by atoms with van der Waals surface area (Å²) < 4.78 is 2.91. The van der Waals surface area contributed by atoms with E-state index in [4.69, 9.17) is 0 Å². The van der Waals surface area contributed by atoms with E-state index in [0.29, 0.717) is 0 Å². The Morgan fingerprint density at radius 2 is 1.78 bits per heavy atom. The predicted molar refractivity (Wildman–Crippen MR) is 64.4 cm³/mol. The van der Waals surface area contributed by atoms with Gasteiger partial charge in [0, 0.05) is 0 Å². The number of hydrogen-bond donors (Lipinski definition) is 0. The second-order valence-corrected chi connectivity index (χ2v) is 34.8. The van der Waals surface area contributed by atoms with Crippen molar-refractivity contribution in [2.75, 3.05) is 4.43 Å². The molecule has 0 aromatic carbocycles. The SMILES string of the molecule is [CH3][Sn]([CH3])([I])[CH2]CCCI. The van der Waals surface area contributed by atoms with Crippen LogP contribution in [-0.4, -0.2) is 18.8 Å². The van der Waals surface area contributed by atoms with Gasteiger partial charge in [-0.2, -0.15) is 0 Å². The van der Waals surface area contributed by atoms with Crippen molar-refractivity contribution in [3.63, 3.8) is 0 Å². The van der Waals surface area contributed by atoms with Crippen molar-refractivity contribution in [3.8, 4) is 0 Å². The number of alkyl halides is 1. The second kappa shape index (κ2) is 5.85. The van der Waals surface area contributed by atoms with E-state index < -0.39 is 14.4 Å². The van der Waals surface area contributed by atoms with E-state index in [1.54, 1.807) is 4.44 Å². The Morgan fingerprint density at radius 1 is 1.22 bits per heavy atom. The summed E-state index contributed by atoms with van der Waals surface area (Å²) in [5.41, 5.74) is 0. The number of unbranched alkanes of at least 4 members (excludes halogenated alkanes) is 1. The molecule has 0 aromatic rings. The topological polar surface area (TPSA) is 0 Å². The molecule has 0 unspecified atom stereocenters. The van der Waals surface area contributed by atoms with Gasteiger partial charge in [-0.3, -0.25) is 0 Å². The van der Waals surface area contributed by atoms with Gasteiger partial charge in [0.1, 0.15) is 0 Å². The third kappa shape index (κ3) is 10.3. The monoisotopic (exact) mass is 460 g/mol. The van der Waals surface area contributed by atoms with Crippen LogP contribution in [0.5, 0.6) is 0 Å². The fourth-order valence-corrected chi connectivity index (χ4v) is 6.85. The zero-order chi connectivity index (χ0) is 7.33. The third-order valence-electron chi connectivity index (χ3n) is 1.15. The average molecular weight is 459 g/mol. The van der Waals surface area contributed by atoms with Crippen molar-refractivity contribution in [2.45, 2.75) is 27.2 Å². The molecule has 0 bridgehead atoms. The van der Waals surface area contributed by atoms with Crippen LogP contribution in [0.1, 0.15) is 12.8 Å². The first-order valence-electron chi connectivity index (χ1n) is 3.31. The first-order valence-corrected chi connectivity index (χ1v) is 20.9. The van der Waals surface area contributed by atoms with E-state index in [-0.39, 0.29) is 0 Å². The van der Waals surface area contributed by atoms with Gasteiger partial charge < -0.3 is 0 Å². The summed E-state index contributed by atoms with van der Waals surface area (Å²) in [6.45, 7) is 0. The van der Waals surface area contributed by atoms with Crippen LogP contribution in [-0.2, 0) is 0 Å². The van der Waals surface area contributed by atoms with E-state index in [1.165, 1.54) is 17.3 Å². The molecule has 0 heterocycles. The Balaban J connectivity index is 3.07. The van der Waals surface area contributed by atoms with Crippen LogP contribution < -0.4 is 0 Å². The summed E-state index contributed by atoms with van der Waals surface area (Å²) in [6, 6.07) is 0. The molecule has 0 nitrogen and oxygen atoms in total. The number of halogens is 2. The molecule has 0 amide bonds. The molecule has 9 heavy (non-hydrogen) atoms. The van der Waals surface area contributed by atoms with Crippen LogP contribution in [0.25, 0.3) is 0 Å². The standard InChI is InChI=1S/C4H8I.2CH3.HI.Sn/c1-2-3-4-5;;;;/h1-4H2;2*1H3;1H;/q;;;;+1/p-1. The minimum atomic E-state index is -1.37. The summed E-state index contributed by atoms with van der Waals surface area (Å²) in [7, 11) is 0. The van der Waals surface area contributed by atoms with Gasteiger partial charge in [-0.05, 0) is 0 Å². The molecule has 0 fully saturated rings. The van der Waals surface area contributed by atoms with Crippen molar-refractivity contribution < 1.29 is 0 Å². The third-order valence-corrected chi connectivity index (χ3v) is 9.94. The first-order chi connectivity index (χ1) is 4.06. The Hall–Kier alpha value is 2.26. The molecule has 0 rings (SSSR count). The van der Waals surface area contributed by atoms with Crippen molar-refractivity contribution >= 4 is 55.6 Å². The molecule has 0 saturated carbocycles. The first kappa shape index (κ1) is 11.3. The Labute approximate surface area is 85.8 Å². The van der Waals surface area contributed by atoms with Crippen LogP contribution in [0.15, 0.2) is 0 Å². The molecule has 3 heteroatoms. The van der Waals surface area contributed by atoms with Gasteiger partial charge in [-0.25, -0.2) is 0 Å². The maximum atomic E-state index is 2.72. The zero-order valence-corrected chi connectivity index (χ0v) is 13.3. The van der Waals surface area contributed by atoms with Crippen molar-refractivity contribution in [1.82, 2.24) is 0 Å². The molecule has 0 aliphatic rings. The fourth-order valence-electron chi connectivity index (χ4n) is 0.640. The number of rotatable bonds is 4. The second-order valence-electron chi connectivity index (χ2n) is 2.86. The molecule has 0 radical (unpaired) electrons. The van der Waals surface area contributed by atoms with E-state index in [0.717, 1.165) is 0 Å². The van der Waals surface area contributed by atoms with Gasteiger partial charge in [0.2, 0.25) is 0 Å². The van der Waals surface area contributed by atoms with Crippen LogP contribution >= 0.6 is 41.2 Å². The van der Waals surface area contributed by atoms with Crippen molar-refractivity contribution in [1.29, 1.82) is 0 Å². The summed E-state index contributed by atoms with van der Waals surface area (Å²) in [4.78, 5) is 5.00. The van der Waals surface area contributed by atoms with Crippen LogP contribution in [0.3, 0.4) is 0 Å². The molecular weight excluding hydrogens is 445 g/mol. The number of hydrogen-bond acceptors (Lipinski definition) is 0. The van der Waals surface area contributed by atoms with Crippen LogP contribution in [0.2, 0.25) is 14.3 Å². The maximum absolute atomic E-state index is 2.72. The van der Waals surface area contributed by atoms with Crippen molar-refractivity contribution in [2.24, 2.45) is 0 Å². The average Bonchev–Trinajstić information content (AvgIpc) is 1.63. The minimum absolute atomic E-state index is 1.34. The Bertz CT molecular complexity index is 67.9. The Kier molecular flexibility index (Phi) is 7.32. The molecule has 56 valence electrons. The van der Waals surface area contributed by atoms with Gasteiger partial charge >= 0.3 is 87.2 Å². The predicted octanol–water partition coefficient (Wildman–Crippen LogP) is 3.84. The van der Waals surface area contributed by atoms with Crippen LogP contribution in [0, 0.1) is 0 Å². The summed E-state index contributed by atoms with van der Waals surface area (Å²) in [5, 5.41) is 0. The molecule has 0 aliphatic carbocycles. The van der Waals surface area contributed by atoms with Gasteiger partial charge in [0.25, 0.3) is 0 Å². The molecule has 0 saturated heterocycles. The van der Waals surface area contributed by atoms with Gasteiger partial charge in [-0.15, -0.1) is 0 Å².